The maximum atomic E-state index is 13.8. The summed E-state index contributed by atoms with van der Waals surface area (Å²) in [6.07, 6.45) is -5.31. The van der Waals surface area contributed by atoms with Gasteiger partial charge in [-0.05, 0) is 64.2 Å². The number of benzene rings is 1. The van der Waals surface area contributed by atoms with Gasteiger partial charge in [0.1, 0.15) is 17.0 Å². The van der Waals surface area contributed by atoms with Crippen LogP contribution in [-0.2, 0) is 19.4 Å². The third kappa shape index (κ3) is 5.39. The molecule has 2 heterocycles. The van der Waals surface area contributed by atoms with Gasteiger partial charge in [0.05, 0.1) is 21.2 Å². The molecule has 0 spiro atoms. The van der Waals surface area contributed by atoms with E-state index in [0.29, 0.717) is 18.9 Å². The Morgan fingerprint density at radius 1 is 1.12 bits per heavy atom. The van der Waals surface area contributed by atoms with E-state index in [1.165, 1.54) is 6.07 Å². The highest BCUT2D eigenvalue weighted by Gasteiger charge is 2.70. The summed E-state index contributed by atoms with van der Waals surface area (Å²) in [4.78, 5) is 31.4. The molecule has 224 valence electrons. The van der Waals surface area contributed by atoms with Gasteiger partial charge in [0.2, 0.25) is 11.8 Å². The fourth-order valence-corrected chi connectivity index (χ4v) is 8.05. The van der Waals surface area contributed by atoms with Crippen LogP contribution in [0.2, 0.25) is 5.02 Å². The first-order chi connectivity index (χ1) is 19.1. The standard InChI is InChI=1S/C27H33ClF3N5O4S/c1-17(2)34-9-11-35(12-10-34)18-3-4-22(20(28)13-18)41(39,40)19-14-21(23(37)33-25(16-32)5-6-25)36(15-19)24(38)26(7-8-26)27(29,30)31/h3-4,13,17,19,21H,5-12,14-15H2,1-2H3,(H,33,37)/t19-,21+/m1/s1. The van der Waals surface area contributed by atoms with Gasteiger partial charge < -0.3 is 15.1 Å². The number of sulfone groups is 1. The van der Waals surface area contributed by atoms with Crippen molar-refractivity contribution < 1.29 is 31.2 Å². The summed E-state index contributed by atoms with van der Waals surface area (Å²) in [6, 6.07) is 5.53. The van der Waals surface area contributed by atoms with Crippen molar-refractivity contribution in [3.8, 4) is 6.07 Å². The molecule has 2 saturated carbocycles. The summed E-state index contributed by atoms with van der Waals surface area (Å²) in [7, 11) is -4.24. The highest BCUT2D eigenvalue weighted by Crippen LogP contribution is 2.59. The molecule has 5 rings (SSSR count). The molecule has 2 amide bonds. The lowest BCUT2D eigenvalue weighted by atomic mass is 10.0. The number of nitriles is 1. The van der Waals surface area contributed by atoms with Crippen molar-refractivity contribution in [1.29, 1.82) is 5.26 Å². The Balaban J connectivity index is 1.38. The molecule has 2 atom stereocenters. The molecule has 4 fully saturated rings. The summed E-state index contributed by atoms with van der Waals surface area (Å²) in [5.74, 6) is -2.12. The molecule has 1 aromatic rings. The summed E-state index contributed by atoms with van der Waals surface area (Å²) >= 11 is 6.48. The molecule has 41 heavy (non-hydrogen) atoms. The highest BCUT2D eigenvalue weighted by molar-refractivity contribution is 7.92. The van der Waals surface area contributed by atoms with Crippen LogP contribution in [-0.4, -0.2) is 91.8 Å². The lowest BCUT2D eigenvalue weighted by Crippen LogP contribution is -2.53. The first-order valence-corrected chi connectivity index (χ1v) is 15.7. The smallest absolute Gasteiger partial charge is 0.369 e. The zero-order valence-corrected chi connectivity index (χ0v) is 24.4. The molecule has 0 unspecified atom stereocenters. The number of halogens is 4. The number of anilines is 1. The van der Waals surface area contributed by atoms with Crippen molar-refractivity contribution in [2.75, 3.05) is 37.6 Å². The quantitative estimate of drug-likeness (QED) is 0.501. The summed E-state index contributed by atoms with van der Waals surface area (Å²) in [5, 5.41) is 10.5. The minimum atomic E-state index is -4.83. The van der Waals surface area contributed by atoms with Gasteiger partial charge >= 0.3 is 6.18 Å². The molecule has 1 N–H and O–H groups in total. The lowest BCUT2D eigenvalue weighted by molar-refractivity contribution is -0.199. The number of nitrogens with zero attached hydrogens (tertiary/aromatic N) is 4. The Bertz CT molecular complexity index is 1380. The van der Waals surface area contributed by atoms with Crippen LogP contribution in [0.25, 0.3) is 0 Å². The monoisotopic (exact) mass is 615 g/mol. The fraction of sp³-hybridized carbons (Fsp3) is 0.667. The van der Waals surface area contributed by atoms with Crippen LogP contribution in [0.4, 0.5) is 18.9 Å². The van der Waals surface area contributed by atoms with Crippen molar-refractivity contribution in [3.63, 3.8) is 0 Å². The number of rotatable bonds is 7. The average Bonchev–Trinajstić information content (AvgIpc) is 3.84. The zero-order chi connectivity index (χ0) is 30.0. The Kier molecular flexibility index (Phi) is 7.52. The highest BCUT2D eigenvalue weighted by atomic mass is 35.5. The van der Waals surface area contributed by atoms with Crippen LogP contribution >= 0.6 is 11.6 Å². The van der Waals surface area contributed by atoms with Crippen molar-refractivity contribution in [3.05, 3.63) is 23.2 Å². The maximum absolute atomic E-state index is 13.8. The molecule has 2 aliphatic carbocycles. The van der Waals surface area contributed by atoms with Gasteiger partial charge in [-0.15, -0.1) is 0 Å². The Labute approximate surface area is 242 Å². The summed E-state index contributed by atoms with van der Waals surface area (Å²) < 4.78 is 69.0. The predicted molar refractivity (Wildman–Crippen MR) is 145 cm³/mol. The van der Waals surface area contributed by atoms with E-state index in [1.807, 2.05) is 6.07 Å². The topological polar surface area (TPSA) is 114 Å². The number of nitrogens with one attached hydrogen (secondary N) is 1. The van der Waals surface area contributed by atoms with Crippen molar-refractivity contribution >= 4 is 38.9 Å². The fourth-order valence-electron chi connectivity index (χ4n) is 5.82. The first-order valence-electron chi connectivity index (χ1n) is 13.8. The average molecular weight is 616 g/mol. The van der Waals surface area contributed by atoms with E-state index in [2.05, 4.69) is 29.0 Å². The number of alkyl halides is 3. The molecule has 0 radical (unpaired) electrons. The van der Waals surface area contributed by atoms with E-state index in [0.717, 1.165) is 36.8 Å². The SMILES string of the molecule is CC(C)N1CCN(c2ccc(S(=O)(=O)[C@@H]3C[C@@H](C(=O)NC4(C#N)CC4)N(C(=O)C4(C(F)(F)F)CC4)C3)c(Cl)c2)CC1. The zero-order valence-electron chi connectivity index (χ0n) is 22.9. The Morgan fingerprint density at radius 2 is 1.76 bits per heavy atom. The molecule has 2 aliphatic heterocycles. The van der Waals surface area contributed by atoms with Crippen LogP contribution in [0.5, 0.6) is 0 Å². The van der Waals surface area contributed by atoms with Crippen LogP contribution in [0.15, 0.2) is 23.1 Å². The van der Waals surface area contributed by atoms with Crippen LogP contribution < -0.4 is 10.2 Å². The Hall–Kier alpha value is -2.56. The van der Waals surface area contributed by atoms with Gasteiger partial charge in [-0.25, -0.2) is 8.42 Å². The lowest BCUT2D eigenvalue weighted by Gasteiger charge is -2.38. The number of piperazine rings is 1. The molecular formula is C27H33ClF3N5O4S. The number of amides is 2. The molecule has 0 bridgehead atoms. The van der Waals surface area contributed by atoms with Crippen LogP contribution in [0.1, 0.15) is 46.0 Å². The van der Waals surface area contributed by atoms with Gasteiger partial charge in [-0.2, -0.15) is 18.4 Å². The summed E-state index contributed by atoms with van der Waals surface area (Å²) in [5.41, 5.74) is -3.00. The third-order valence-corrected chi connectivity index (χ3v) is 11.5. The van der Waals surface area contributed by atoms with E-state index >= 15 is 0 Å². The molecule has 14 heteroatoms. The third-order valence-electron chi connectivity index (χ3n) is 8.93. The molecule has 9 nitrogen and oxygen atoms in total. The minimum absolute atomic E-state index is 0.0325. The van der Waals surface area contributed by atoms with Gasteiger partial charge in [0, 0.05) is 44.5 Å². The number of carbonyl (C=O) groups is 2. The van der Waals surface area contributed by atoms with Crippen LogP contribution in [0, 0.1) is 16.7 Å². The van der Waals surface area contributed by atoms with E-state index in [4.69, 9.17) is 11.6 Å². The van der Waals surface area contributed by atoms with Crippen molar-refractivity contribution in [1.82, 2.24) is 15.1 Å². The van der Waals surface area contributed by atoms with Gasteiger partial charge in [-0.1, -0.05) is 11.6 Å². The molecule has 0 aromatic heterocycles. The van der Waals surface area contributed by atoms with Gasteiger partial charge in [0.15, 0.2) is 9.84 Å². The van der Waals surface area contributed by atoms with Crippen molar-refractivity contribution in [2.45, 2.75) is 79.9 Å². The number of hydrogen-bond acceptors (Lipinski definition) is 7. The van der Waals surface area contributed by atoms with E-state index in [-0.39, 0.29) is 9.92 Å². The van der Waals surface area contributed by atoms with Gasteiger partial charge in [0.25, 0.3) is 0 Å². The van der Waals surface area contributed by atoms with Crippen LogP contribution in [0.3, 0.4) is 0 Å². The van der Waals surface area contributed by atoms with E-state index in [9.17, 15) is 36.4 Å². The van der Waals surface area contributed by atoms with Crippen molar-refractivity contribution in [2.24, 2.45) is 5.41 Å². The normalized spacial score (nSPS) is 25.6. The molecule has 1 aromatic carbocycles. The van der Waals surface area contributed by atoms with Gasteiger partial charge in [-0.3, -0.25) is 14.5 Å². The van der Waals surface area contributed by atoms with E-state index < -0.39 is 75.9 Å². The second-order valence-corrected chi connectivity index (χ2v) is 14.5. The molecule has 2 saturated heterocycles. The van der Waals surface area contributed by atoms with E-state index in [1.54, 1.807) is 12.1 Å². The molecule has 4 aliphatic rings. The maximum Gasteiger partial charge on any atom is 0.403 e. The largest absolute Gasteiger partial charge is 0.403 e. The second-order valence-electron chi connectivity index (χ2n) is 11.9. The molecular weight excluding hydrogens is 583 g/mol. The Morgan fingerprint density at radius 3 is 2.24 bits per heavy atom. The summed E-state index contributed by atoms with van der Waals surface area (Å²) in [6.45, 7) is 6.84. The second kappa shape index (κ2) is 10.3. The predicted octanol–water partition coefficient (Wildman–Crippen LogP) is 3.13. The first kappa shape index (κ1) is 29.9. The number of hydrogen-bond donors (Lipinski definition) is 1. The number of carbonyl (C=O) groups excluding carboxylic acids is 2. The minimum Gasteiger partial charge on any atom is -0.369 e. The number of likely N-dealkylation sites (tertiary alicyclic amines) is 1.